The number of hydrogen-bond acceptors (Lipinski definition) is 5. The number of carboxylic acid groups (broad SMARTS) is 1. The maximum absolute atomic E-state index is 11.9. The van der Waals surface area contributed by atoms with Crippen LogP contribution in [0, 0.1) is 5.92 Å². The molecule has 2 N–H and O–H groups in total. The van der Waals surface area contributed by atoms with Gasteiger partial charge in [-0.05, 0) is 25.2 Å². The van der Waals surface area contributed by atoms with Crippen LogP contribution in [-0.2, 0) is 21.3 Å². The third-order valence-corrected chi connectivity index (χ3v) is 3.86. The minimum atomic E-state index is -1.16. The van der Waals surface area contributed by atoms with Crippen molar-refractivity contribution in [1.29, 1.82) is 0 Å². The zero-order chi connectivity index (χ0) is 15.3. The summed E-state index contributed by atoms with van der Waals surface area (Å²) >= 11 is 0. The number of rotatable bonds is 7. The summed E-state index contributed by atoms with van der Waals surface area (Å²) in [4.78, 5) is 11.9. The molecule has 1 unspecified atom stereocenters. The summed E-state index contributed by atoms with van der Waals surface area (Å²) < 4.78 is 12.2. The van der Waals surface area contributed by atoms with Gasteiger partial charge in [-0.1, -0.05) is 0 Å². The molecule has 1 saturated heterocycles. The van der Waals surface area contributed by atoms with Gasteiger partial charge >= 0.3 is 5.97 Å². The first-order valence-electron chi connectivity index (χ1n) is 7.13. The fourth-order valence-corrected chi connectivity index (χ4v) is 2.77. The molecule has 21 heavy (non-hydrogen) atoms. The second-order valence-corrected chi connectivity index (χ2v) is 5.58. The van der Waals surface area contributed by atoms with Gasteiger partial charge in [-0.25, -0.2) is 4.79 Å². The number of aliphatic carboxylic acids is 1. The molecule has 0 spiro atoms. The first-order chi connectivity index (χ1) is 10.1. The van der Waals surface area contributed by atoms with E-state index >= 15 is 0 Å². The SMILES string of the molecule is COCC(CC1CCOCC1)(Nc1ccn(C)n1)C(=O)O. The van der Waals surface area contributed by atoms with Crippen LogP contribution in [-0.4, -0.2) is 53.3 Å². The Morgan fingerprint density at radius 1 is 1.62 bits per heavy atom. The molecule has 1 fully saturated rings. The van der Waals surface area contributed by atoms with Crippen LogP contribution in [0.15, 0.2) is 12.3 Å². The fraction of sp³-hybridized carbons (Fsp3) is 0.714. The Morgan fingerprint density at radius 2 is 2.33 bits per heavy atom. The Balaban J connectivity index is 2.16. The molecule has 1 atom stereocenters. The van der Waals surface area contributed by atoms with Crippen molar-refractivity contribution < 1.29 is 19.4 Å². The van der Waals surface area contributed by atoms with Gasteiger partial charge < -0.3 is 19.9 Å². The van der Waals surface area contributed by atoms with Crippen LogP contribution in [0.3, 0.4) is 0 Å². The minimum absolute atomic E-state index is 0.0935. The summed E-state index contributed by atoms with van der Waals surface area (Å²) in [5, 5.41) is 17.0. The van der Waals surface area contributed by atoms with Crippen LogP contribution >= 0.6 is 0 Å². The second kappa shape index (κ2) is 6.91. The zero-order valence-corrected chi connectivity index (χ0v) is 12.5. The van der Waals surface area contributed by atoms with Gasteiger partial charge in [-0.3, -0.25) is 4.68 Å². The molecule has 1 aromatic rings. The molecule has 7 nitrogen and oxygen atoms in total. The predicted octanol–water partition coefficient (Wildman–Crippen LogP) is 1.12. The number of nitrogens with one attached hydrogen (secondary N) is 1. The highest BCUT2D eigenvalue weighted by Crippen LogP contribution is 2.29. The van der Waals surface area contributed by atoms with Crippen molar-refractivity contribution in [3.05, 3.63) is 12.3 Å². The Morgan fingerprint density at radius 3 is 2.86 bits per heavy atom. The molecule has 0 amide bonds. The average molecular weight is 297 g/mol. The van der Waals surface area contributed by atoms with Crippen LogP contribution in [0.2, 0.25) is 0 Å². The highest BCUT2D eigenvalue weighted by atomic mass is 16.5. The van der Waals surface area contributed by atoms with Crippen LogP contribution in [0.25, 0.3) is 0 Å². The van der Waals surface area contributed by atoms with E-state index in [4.69, 9.17) is 9.47 Å². The number of carboxylic acids is 1. The van der Waals surface area contributed by atoms with E-state index < -0.39 is 11.5 Å². The zero-order valence-electron chi connectivity index (χ0n) is 12.5. The van der Waals surface area contributed by atoms with Gasteiger partial charge in [0, 0.05) is 39.6 Å². The number of carbonyl (C=O) groups is 1. The number of anilines is 1. The predicted molar refractivity (Wildman–Crippen MR) is 77.2 cm³/mol. The molecule has 2 heterocycles. The lowest BCUT2D eigenvalue weighted by Crippen LogP contribution is -2.52. The number of aryl methyl sites for hydroxylation is 1. The number of nitrogens with zero attached hydrogens (tertiary/aromatic N) is 2. The first kappa shape index (κ1) is 15.8. The third-order valence-electron chi connectivity index (χ3n) is 3.86. The van der Waals surface area contributed by atoms with E-state index in [1.54, 1.807) is 24.0 Å². The molecule has 1 aromatic heterocycles. The Kier molecular flexibility index (Phi) is 5.19. The molecule has 0 aliphatic carbocycles. The first-order valence-corrected chi connectivity index (χ1v) is 7.13. The number of ether oxygens (including phenoxy) is 2. The van der Waals surface area contributed by atoms with Crippen molar-refractivity contribution in [3.63, 3.8) is 0 Å². The van der Waals surface area contributed by atoms with Gasteiger partial charge in [-0.15, -0.1) is 0 Å². The van der Waals surface area contributed by atoms with Crippen molar-refractivity contribution in [2.45, 2.75) is 24.8 Å². The Labute approximate surface area is 124 Å². The van der Waals surface area contributed by atoms with E-state index in [2.05, 4.69) is 10.4 Å². The van der Waals surface area contributed by atoms with Crippen LogP contribution < -0.4 is 5.32 Å². The molecule has 118 valence electrons. The van der Waals surface area contributed by atoms with Gasteiger partial charge in [0.1, 0.15) is 5.82 Å². The lowest BCUT2D eigenvalue weighted by Gasteiger charge is -2.34. The summed E-state index contributed by atoms with van der Waals surface area (Å²) in [7, 11) is 3.31. The minimum Gasteiger partial charge on any atom is -0.479 e. The lowest BCUT2D eigenvalue weighted by molar-refractivity contribution is -0.145. The second-order valence-electron chi connectivity index (χ2n) is 5.58. The fourth-order valence-electron chi connectivity index (χ4n) is 2.77. The van der Waals surface area contributed by atoms with E-state index in [1.807, 2.05) is 0 Å². The van der Waals surface area contributed by atoms with E-state index in [-0.39, 0.29) is 6.61 Å². The van der Waals surface area contributed by atoms with E-state index in [1.165, 1.54) is 7.11 Å². The van der Waals surface area contributed by atoms with Gasteiger partial charge in [0.05, 0.1) is 6.61 Å². The Hall–Kier alpha value is -1.60. The van der Waals surface area contributed by atoms with Gasteiger partial charge in [-0.2, -0.15) is 5.10 Å². The maximum Gasteiger partial charge on any atom is 0.331 e. The highest BCUT2D eigenvalue weighted by molar-refractivity contribution is 5.82. The van der Waals surface area contributed by atoms with Gasteiger partial charge in [0.2, 0.25) is 0 Å². The lowest BCUT2D eigenvalue weighted by atomic mass is 9.83. The average Bonchev–Trinajstić information content (AvgIpc) is 2.85. The highest BCUT2D eigenvalue weighted by Gasteiger charge is 2.41. The Bertz CT molecular complexity index is 471. The molecule has 0 radical (unpaired) electrons. The molecule has 1 aliphatic rings. The van der Waals surface area contributed by atoms with Gasteiger partial charge in [0.25, 0.3) is 0 Å². The van der Waals surface area contributed by atoms with Crippen molar-refractivity contribution in [1.82, 2.24) is 9.78 Å². The molecule has 0 bridgehead atoms. The molecule has 1 aliphatic heterocycles. The maximum atomic E-state index is 11.9. The molecule has 2 rings (SSSR count). The van der Waals surface area contributed by atoms with Gasteiger partial charge in [0.15, 0.2) is 5.54 Å². The summed E-state index contributed by atoms with van der Waals surface area (Å²) in [6.07, 6.45) is 4.03. The standard InChI is InChI=1S/C14H23N3O4/c1-17-6-3-12(16-17)15-14(10-20-2,13(18)19)9-11-4-7-21-8-5-11/h3,6,11H,4-5,7-10H2,1-2H3,(H,15,16)(H,18,19). The topological polar surface area (TPSA) is 85.6 Å². The number of aromatic nitrogens is 2. The van der Waals surface area contributed by atoms with Crippen LogP contribution in [0.5, 0.6) is 0 Å². The summed E-state index contributed by atoms with van der Waals surface area (Å²) in [6, 6.07) is 1.76. The summed E-state index contributed by atoms with van der Waals surface area (Å²) in [5.41, 5.74) is -1.16. The molecule has 0 saturated carbocycles. The van der Waals surface area contributed by atoms with Crippen molar-refractivity contribution in [2.75, 3.05) is 32.2 Å². The smallest absolute Gasteiger partial charge is 0.331 e. The quantitative estimate of drug-likeness (QED) is 0.784. The third kappa shape index (κ3) is 3.95. The largest absolute Gasteiger partial charge is 0.479 e. The molecule has 0 aromatic carbocycles. The van der Waals surface area contributed by atoms with E-state index in [9.17, 15) is 9.90 Å². The number of hydrogen-bond donors (Lipinski definition) is 2. The summed E-state index contributed by atoms with van der Waals surface area (Å²) in [5.74, 6) is -0.0632. The van der Waals surface area contributed by atoms with Crippen molar-refractivity contribution >= 4 is 11.8 Å². The van der Waals surface area contributed by atoms with Crippen molar-refractivity contribution in [3.8, 4) is 0 Å². The van der Waals surface area contributed by atoms with Crippen LogP contribution in [0.1, 0.15) is 19.3 Å². The normalized spacial score (nSPS) is 19.1. The molecule has 7 heteroatoms. The molecular weight excluding hydrogens is 274 g/mol. The summed E-state index contributed by atoms with van der Waals surface area (Å²) in [6.45, 7) is 1.48. The number of methoxy groups -OCH3 is 1. The van der Waals surface area contributed by atoms with E-state index in [0.29, 0.717) is 31.4 Å². The monoisotopic (exact) mass is 297 g/mol. The van der Waals surface area contributed by atoms with E-state index in [0.717, 1.165) is 12.8 Å². The van der Waals surface area contributed by atoms with Crippen molar-refractivity contribution in [2.24, 2.45) is 13.0 Å². The van der Waals surface area contributed by atoms with Crippen LogP contribution in [0.4, 0.5) is 5.82 Å². The molecular formula is C14H23N3O4.